The van der Waals surface area contributed by atoms with Crippen molar-refractivity contribution >= 4 is 17.5 Å². The fourth-order valence-corrected chi connectivity index (χ4v) is 2.85. The summed E-state index contributed by atoms with van der Waals surface area (Å²) in [6.07, 6.45) is 2.39. The number of benzene rings is 2. The molecule has 0 radical (unpaired) electrons. The van der Waals surface area contributed by atoms with Crippen molar-refractivity contribution in [3.05, 3.63) is 76.3 Å². The number of carbonyl (C=O) groups is 1. The van der Waals surface area contributed by atoms with Gasteiger partial charge < -0.3 is 9.84 Å². The number of hydrogen-bond acceptors (Lipinski definition) is 3. The molecule has 0 atom stereocenters. The van der Waals surface area contributed by atoms with Gasteiger partial charge in [0, 0.05) is 24.1 Å². The van der Waals surface area contributed by atoms with Crippen LogP contribution in [-0.4, -0.2) is 11.1 Å². The normalized spacial score (nSPS) is 10.7. The summed E-state index contributed by atoms with van der Waals surface area (Å²) in [7, 11) is 0. The number of rotatable bonds is 6. The molecule has 1 N–H and O–H groups in total. The fourth-order valence-electron chi connectivity index (χ4n) is 2.65. The molecule has 0 spiro atoms. The van der Waals surface area contributed by atoms with Crippen LogP contribution in [0.5, 0.6) is 0 Å². The van der Waals surface area contributed by atoms with E-state index in [2.05, 4.69) is 10.5 Å². The van der Waals surface area contributed by atoms with Crippen LogP contribution in [0, 0.1) is 12.7 Å². The molecule has 0 unspecified atom stereocenters. The number of halogens is 2. The summed E-state index contributed by atoms with van der Waals surface area (Å²) in [5, 5.41) is 6.91. The standard InChI is InChI=1S/C20H18ClFN2O2/c1-13-3-2-4-15(9-13)20-16(12-26-24-20)6-8-19(25)23-11-14-5-7-18(22)17(21)10-14/h2-5,7,9-10,12H,6,8,11H2,1H3,(H,23,25). The summed E-state index contributed by atoms with van der Waals surface area (Å²) in [5.74, 6) is -0.584. The first-order chi connectivity index (χ1) is 12.5. The first-order valence-electron chi connectivity index (χ1n) is 8.24. The van der Waals surface area contributed by atoms with Crippen molar-refractivity contribution in [2.24, 2.45) is 0 Å². The Morgan fingerprint density at radius 1 is 1.27 bits per heavy atom. The van der Waals surface area contributed by atoms with Crippen LogP contribution in [0.25, 0.3) is 11.3 Å². The van der Waals surface area contributed by atoms with E-state index in [0.29, 0.717) is 19.4 Å². The van der Waals surface area contributed by atoms with Crippen LogP contribution in [-0.2, 0) is 17.8 Å². The molecule has 0 aliphatic rings. The molecular weight excluding hydrogens is 355 g/mol. The fraction of sp³-hybridized carbons (Fsp3) is 0.200. The van der Waals surface area contributed by atoms with E-state index >= 15 is 0 Å². The van der Waals surface area contributed by atoms with E-state index in [-0.39, 0.29) is 10.9 Å². The SMILES string of the molecule is Cc1cccc(-c2nocc2CCC(=O)NCc2ccc(F)c(Cl)c2)c1. The Balaban J connectivity index is 1.57. The van der Waals surface area contributed by atoms with Crippen molar-refractivity contribution in [3.8, 4) is 11.3 Å². The monoisotopic (exact) mass is 372 g/mol. The molecule has 1 amide bonds. The zero-order chi connectivity index (χ0) is 18.5. The van der Waals surface area contributed by atoms with Gasteiger partial charge in [0.25, 0.3) is 0 Å². The van der Waals surface area contributed by atoms with Crippen LogP contribution in [0.2, 0.25) is 5.02 Å². The predicted molar refractivity (Wildman–Crippen MR) is 98.3 cm³/mol. The van der Waals surface area contributed by atoms with Gasteiger partial charge in [-0.05, 0) is 37.1 Å². The number of hydrogen-bond donors (Lipinski definition) is 1. The third-order valence-electron chi connectivity index (χ3n) is 4.03. The number of nitrogens with zero attached hydrogens (tertiary/aromatic N) is 1. The highest BCUT2D eigenvalue weighted by Gasteiger charge is 2.12. The molecule has 3 aromatic rings. The maximum Gasteiger partial charge on any atom is 0.220 e. The van der Waals surface area contributed by atoms with E-state index in [9.17, 15) is 9.18 Å². The zero-order valence-corrected chi connectivity index (χ0v) is 15.0. The zero-order valence-electron chi connectivity index (χ0n) is 14.3. The third kappa shape index (κ3) is 4.49. The maximum absolute atomic E-state index is 13.1. The smallest absolute Gasteiger partial charge is 0.220 e. The minimum atomic E-state index is -0.474. The molecular formula is C20H18ClFN2O2. The molecule has 2 aromatic carbocycles. The summed E-state index contributed by atoms with van der Waals surface area (Å²) >= 11 is 5.74. The highest BCUT2D eigenvalue weighted by atomic mass is 35.5. The van der Waals surface area contributed by atoms with Crippen LogP contribution >= 0.6 is 11.6 Å². The molecule has 0 saturated carbocycles. The second kappa shape index (κ2) is 8.15. The average Bonchev–Trinajstić information content (AvgIpc) is 3.09. The first kappa shape index (κ1) is 18.1. The van der Waals surface area contributed by atoms with Crippen LogP contribution in [0.4, 0.5) is 4.39 Å². The van der Waals surface area contributed by atoms with Crippen molar-refractivity contribution in [3.63, 3.8) is 0 Å². The first-order valence-corrected chi connectivity index (χ1v) is 8.61. The Hall–Kier alpha value is -2.66. The van der Waals surface area contributed by atoms with Crippen molar-refractivity contribution in [1.82, 2.24) is 10.5 Å². The Labute approximate surface area is 156 Å². The van der Waals surface area contributed by atoms with E-state index < -0.39 is 5.82 Å². The largest absolute Gasteiger partial charge is 0.364 e. The highest BCUT2D eigenvalue weighted by Crippen LogP contribution is 2.24. The van der Waals surface area contributed by atoms with E-state index in [1.165, 1.54) is 12.1 Å². The molecule has 0 aliphatic heterocycles. The van der Waals surface area contributed by atoms with Gasteiger partial charge in [-0.15, -0.1) is 0 Å². The summed E-state index contributed by atoms with van der Waals surface area (Å²) in [6.45, 7) is 2.31. The minimum absolute atomic E-state index is 0.0454. The number of aromatic nitrogens is 1. The van der Waals surface area contributed by atoms with Crippen molar-refractivity contribution in [1.29, 1.82) is 0 Å². The average molecular weight is 373 g/mol. The topological polar surface area (TPSA) is 55.1 Å². The predicted octanol–water partition coefficient (Wildman–Crippen LogP) is 4.69. The maximum atomic E-state index is 13.1. The molecule has 134 valence electrons. The Morgan fingerprint density at radius 3 is 2.88 bits per heavy atom. The summed E-state index contributed by atoms with van der Waals surface area (Å²) in [6, 6.07) is 12.4. The van der Waals surface area contributed by atoms with Gasteiger partial charge in [-0.1, -0.05) is 46.6 Å². The van der Waals surface area contributed by atoms with E-state index in [4.69, 9.17) is 16.1 Å². The van der Waals surface area contributed by atoms with Crippen LogP contribution < -0.4 is 5.32 Å². The molecule has 1 aromatic heterocycles. The third-order valence-corrected chi connectivity index (χ3v) is 4.32. The van der Waals surface area contributed by atoms with E-state index in [0.717, 1.165) is 27.9 Å². The quantitative estimate of drug-likeness (QED) is 0.682. The Kier molecular flexibility index (Phi) is 5.68. The minimum Gasteiger partial charge on any atom is -0.364 e. The molecule has 0 saturated heterocycles. The molecule has 6 heteroatoms. The molecule has 0 bridgehead atoms. The Morgan fingerprint density at radius 2 is 2.12 bits per heavy atom. The van der Waals surface area contributed by atoms with Crippen molar-refractivity contribution in [2.45, 2.75) is 26.3 Å². The second-order valence-corrected chi connectivity index (χ2v) is 6.49. The van der Waals surface area contributed by atoms with Crippen LogP contribution in [0.1, 0.15) is 23.1 Å². The molecule has 1 heterocycles. The molecule has 4 nitrogen and oxygen atoms in total. The molecule has 0 aliphatic carbocycles. The van der Waals surface area contributed by atoms with Gasteiger partial charge in [0.2, 0.25) is 5.91 Å². The highest BCUT2D eigenvalue weighted by molar-refractivity contribution is 6.30. The second-order valence-electron chi connectivity index (χ2n) is 6.08. The number of carbonyl (C=O) groups excluding carboxylic acids is 1. The lowest BCUT2D eigenvalue weighted by Gasteiger charge is -2.06. The van der Waals surface area contributed by atoms with Gasteiger partial charge in [0.05, 0.1) is 5.02 Å². The van der Waals surface area contributed by atoms with Gasteiger partial charge in [0.15, 0.2) is 0 Å². The van der Waals surface area contributed by atoms with Gasteiger partial charge in [-0.25, -0.2) is 4.39 Å². The number of nitrogens with one attached hydrogen (secondary N) is 1. The summed E-state index contributed by atoms with van der Waals surface area (Å²) in [5.41, 5.74) is 4.49. The lowest BCUT2D eigenvalue weighted by atomic mass is 10.0. The van der Waals surface area contributed by atoms with Crippen molar-refractivity contribution in [2.75, 3.05) is 0 Å². The van der Waals surface area contributed by atoms with Crippen LogP contribution in [0.15, 0.2) is 53.3 Å². The molecule has 26 heavy (non-hydrogen) atoms. The van der Waals surface area contributed by atoms with Gasteiger partial charge in [-0.3, -0.25) is 4.79 Å². The van der Waals surface area contributed by atoms with Crippen LogP contribution in [0.3, 0.4) is 0 Å². The summed E-state index contributed by atoms with van der Waals surface area (Å²) in [4.78, 5) is 12.1. The van der Waals surface area contributed by atoms with Gasteiger partial charge >= 0.3 is 0 Å². The lowest BCUT2D eigenvalue weighted by molar-refractivity contribution is -0.121. The van der Waals surface area contributed by atoms with Gasteiger partial charge in [-0.2, -0.15) is 0 Å². The molecule has 0 fully saturated rings. The van der Waals surface area contributed by atoms with E-state index in [1.54, 1.807) is 12.3 Å². The summed E-state index contributed by atoms with van der Waals surface area (Å²) < 4.78 is 18.2. The lowest BCUT2D eigenvalue weighted by Crippen LogP contribution is -2.23. The van der Waals surface area contributed by atoms with Crippen molar-refractivity contribution < 1.29 is 13.7 Å². The number of amides is 1. The molecule has 3 rings (SSSR count). The number of aryl methyl sites for hydroxylation is 2. The van der Waals surface area contributed by atoms with E-state index in [1.807, 2.05) is 31.2 Å². The Bertz CT molecular complexity index is 924. The van der Waals surface area contributed by atoms with Gasteiger partial charge in [0.1, 0.15) is 17.8 Å².